The first-order chi connectivity index (χ1) is 14.4. The summed E-state index contributed by atoms with van der Waals surface area (Å²) in [5, 5.41) is 12.0. The van der Waals surface area contributed by atoms with Crippen molar-refractivity contribution in [3.05, 3.63) is 83.7 Å². The number of nitrogens with zero attached hydrogens (tertiary/aromatic N) is 1. The predicted octanol–water partition coefficient (Wildman–Crippen LogP) is 5.63. The molecule has 0 radical (unpaired) electrons. The zero-order chi connectivity index (χ0) is 21.5. The molecule has 164 valence electrons. The molecule has 3 aromatic rings. The molecule has 0 atom stereocenters. The summed E-state index contributed by atoms with van der Waals surface area (Å²) in [7, 11) is 1.80. The molecular weight excluding hydrogens is 435 g/mol. The molecule has 0 aliphatic heterocycles. The number of carbonyl (C=O) groups is 1. The van der Waals surface area contributed by atoms with E-state index >= 15 is 0 Å². The van der Waals surface area contributed by atoms with Gasteiger partial charge in [0.25, 0.3) is 0 Å². The van der Waals surface area contributed by atoms with E-state index < -0.39 is 5.97 Å². The summed E-state index contributed by atoms with van der Waals surface area (Å²) in [6.07, 6.45) is 0. The van der Waals surface area contributed by atoms with Gasteiger partial charge in [0.2, 0.25) is 0 Å². The molecule has 0 unspecified atom stereocenters. The second kappa shape index (κ2) is 11.6. The number of anilines is 2. The SMILES string of the molecule is Cc1cc(F)ccc1-c1cccc(CNc2ccc(N(C)SOCC(=O)O)cc2)c1.S. The molecule has 0 aliphatic carbocycles. The van der Waals surface area contributed by atoms with Gasteiger partial charge < -0.3 is 10.4 Å². The Kier molecular flexibility index (Phi) is 9.23. The van der Waals surface area contributed by atoms with Crippen molar-refractivity contribution in [2.24, 2.45) is 0 Å². The lowest BCUT2D eigenvalue weighted by molar-refractivity contribution is -0.138. The van der Waals surface area contributed by atoms with Crippen LogP contribution in [0.15, 0.2) is 66.7 Å². The second-order valence-electron chi connectivity index (χ2n) is 6.79. The van der Waals surface area contributed by atoms with Crippen LogP contribution in [0.5, 0.6) is 0 Å². The standard InChI is InChI=1S/C23H23FN2O3S.H2S/c1-16-12-19(24)6-11-22(16)18-5-3-4-17(13-18)14-25-20-7-9-21(10-8-20)26(2)30-29-15-23(27)28;/h3-13,25H,14-15H2,1-2H3,(H,27,28);1H2. The van der Waals surface area contributed by atoms with Crippen LogP contribution in [0.4, 0.5) is 15.8 Å². The molecule has 0 aromatic heterocycles. The van der Waals surface area contributed by atoms with Crippen LogP contribution in [0.1, 0.15) is 11.1 Å². The van der Waals surface area contributed by atoms with Crippen LogP contribution in [0.25, 0.3) is 11.1 Å². The average Bonchev–Trinajstić information content (AvgIpc) is 2.72. The van der Waals surface area contributed by atoms with Gasteiger partial charge in [0.1, 0.15) is 18.0 Å². The van der Waals surface area contributed by atoms with E-state index in [2.05, 4.69) is 11.4 Å². The zero-order valence-electron chi connectivity index (χ0n) is 17.3. The molecule has 0 fully saturated rings. The van der Waals surface area contributed by atoms with Crippen molar-refractivity contribution in [1.29, 1.82) is 0 Å². The van der Waals surface area contributed by atoms with Gasteiger partial charge in [-0.25, -0.2) is 9.18 Å². The Balaban J connectivity index is 0.00000341. The maximum atomic E-state index is 13.4. The van der Waals surface area contributed by atoms with Crippen LogP contribution in [0, 0.1) is 12.7 Å². The lowest BCUT2D eigenvalue weighted by Crippen LogP contribution is -2.11. The van der Waals surface area contributed by atoms with Crippen LogP contribution in [0.2, 0.25) is 0 Å². The van der Waals surface area contributed by atoms with Crippen LogP contribution in [-0.4, -0.2) is 24.7 Å². The Morgan fingerprint density at radius 3 is 2.55 bits per heavy atom. The highest BCUT2D eigenvalue weighted by molar-refractivity contribution is 7.96. The van der Waals surface area contributed by atoms with Crippen molar-refractivity contribution in [2.45, 2.75) is 13.5 Å². The van der Waals surface area contributed by atoms with Gasteiger partial charge in [-0.15, -0.1) is 0 Å². The van der Waals surface area contributed by atoms with Gasteiger partial charge in [-0.2, -0.15) is 13.5 Å². The third-order valence-electron chi connectivity index (χ3n) is 4.50. The van der Waals surface area contributed by atoms with Gasteiger partial charge >= 0.3 is 5.97 Å². The van der Waals surface area contributed by atoms with E-state index in [9.17, 15) is 9.18 Å². The Labute approximate surface area is 193 Å². The van der Waals surface area contributed by atoms with Gasteiger partial charge in [-0.1, -0.05) is 24.3 Å². The third kappa shape index (κ3) is 7.20. The first-order valence-corrected chi connectivity index (χ1v) is 10.1. The lowest BCUT2D eigenvalue weighted by atomic mass is 9.99. The van der Waals surface area contributed by atoms with Crippen LogP contribution in [-0.2, 0) is 15.5 Å². The first-order valence-electron chi connectivity index (χ1n) is 9.37. The van der Waals surface area contributed by atoms with E-state index in [1.54, 1.807) is 17.4 Å². The number of rotatable bonds is 9. The van der Waals surface area contributed by atoms with E-state index in [1.165, 1.54) is 6.07 Å². The number of nitrogens with one attached hydrogen (secondary N) is 1. The maximum absolute atomic E-state index is 13.4. The molecule has 0 saturated heterocycles. The summed E-state index contributed by atoms with van der Waals surface area (Å²) >= 11 is 0.984. The number of carboxylic acid groups (broad SMARTS) is 1. The highest BCUT2D eigenvalue weighted by Gasteiger charge is 2.06. The molecule has 3 aromatic carbocycles. The number of carboxylic acids is 1. The van der Waals surface area contributed by atoms with Crippen molar-refractivity contribution in [1.82, 2.24) is 0 Å². The normalized spacial score (nSPS) is 10.3. The van der Waals surface area contributed by atoms with Gasteiger partial charge in [-0.05, 0) is 71.6 Å². The first kappa shape index (κ1) is 24.6. The van der Waals surface area contributed by atoms with Crippen molar-refractivity contribution in [2.75, 3.05) is 23.3 Å². The number of aryl methyl sites for hydroxylation is 1. The smallest absolute Gasteiger partial charge is 0.331 e. The molecule has 8 heteroatoms. The molecule has 2 N–H and O–H groups in total. The number of aliphatic carboxylic acids is 1. The Bertz CT molecular complexity index is 1020. The lowest BCUT2D eigenvalue weighted by Gasteiger charge is -2.17. The Hall–Kier alpha value is -2.68. The van der Waals surface area contributed by atoms with Gasteiger partial charge in [0, 0.05) is 25.0 Å². The second-order valence-corrected chi connectivity index (χ2v) is 7.72. The minimum absolute atomic E-state index is 0. The van der Waals surface area contributed by atoms with Crippen LogP contribution < -0.4 is 9.62 Å². The largest absolute Gasteiger partial charge is 0.479 e. The number of hydrogen-bond acceptors (Lipinski definition) is 5. The fourth-order valence-corrected chi connectivity index (χ4v) is 3.51. The maximum Gasteiger partial charge on any atom is 0.331 e. The topological polar surface area (TPSA) is 61.8 Å². The molecule has 0 heterocycles. The Morgan fingerprint density at radius 2 is 1.87 bits per heavy atom. The van der Waals surface area contributed by atoms with E-state index in [4.69, 9.17) is 9.29 Å². The number of halogens is 1. The average molecular weight is 461 g/mol. The number of benzene rings is 3. The highest BCUT2D eigenvalue weighted by Crippen LogP contribution is 2.26. The van der Waals surface area contributed by atoms with Crippen molar-refractivity contribution < 1.29 is 18.5 Å². The fraction of sp³-hybridized carbons (Fsp3) is 0.174. The summed E-state index contributed by atoms with van der Waals surface area (Å²) in [6, 6.07) is 20.8. The molecule has 0 bridgehead atoms. The monoisotopic (exact) mass is 460 g/mol. The molecule has 0 saturated carbocycles. The quantitative estimate of drug-likeness (QED) is 0.319. The number of hydrogen-bond donors (Lipinski definition) is 2. The minimum atomic E-state index is -1.01. The van der Waals surface area contributed by atoms with Crippen molar-refractivity contribution >= 4 is 43.1 Å². The van der Waals surface area contributed by atoms with Crippen molar-refractivity contribution in [3.63, 3.8) is 0 Å². The molecule has 5 nitrogen and oxygen atoms in total. The van der Waals surface area contributed by atoms with Crippen LogP contribution >= 0.6 is 25.7 Å². The van der Waals surface area contributed by atoms with Gasteiger partial charge in [0.05, 0.1) is 0 Å². The molecule has 0 aliphatic rings. The van der Waals surface area contributed by atoms with Gasteiger partial charge in [-0.3, -0.25) is 8.49 Å². The van der Waals surface area contributed by atoms with E-state index in [0.29, 0.717) is 6.54 Å². The highest BCUT2D eigenvalue weighted by atomic mass is 32.2. The molecule has 31 heavy (non-hydrogen) atoms. The zero-order valence-corrected chi connectivity index (χ0v) is 19.1. The summed E-state index contributed by atoms with van der Waals surface area (Å²) in [5.74, 6) is -1.23. The summed E-state index contributed by atoms with van der Waals surface area (Å²) in [6.45, 7) is 2.21. The predicted molar refractivity (Wildman–Crippen MR) is 130 cm³/mol. The molecule has 3 rings (SSSR count). The van der Waals surface area contributed by atoms with Crippen LogP contribution in [0.3, 0.4) is 0 Å². The summed E-state index contributed by atoms with van der Waals surface area (Å²) < 4.78 is 20.1. The summed E-state index contributed by atoms with van der Waals surface area (Å²) in [4.78, 5) is 10.5. The molecular formula is C23H25FN2O3S2. The van der Waals surface area contributed by atoms with E-state index in [1.807, 2.05) is 55.5 Å². The third-order valence-corrected chi connectivity index (χ3v) is 5.16. The minimum Gasteiger partial charge on any atom is -0.479 e. The van der Waals surface area contributed by atoms with E-state index in [0.717, 1.165) is 45.9 Å². The van der Waals surface area contributed by atoms with E-state index in [-0.39, 0.29) is 25.9 Å². The molecule has 0 spiro atoms. The van der Waals surface area contributed by atoms with Crippen molar-refractivity contribution in [3.8, 4) is 11.1 Å². The summed E-state index contributed by atoms with van der Waals surface area (Å²) in [5.41, 5.74) is 5.96. The molecule has 0 amide bonds. The Morgan fingerprint density at radius 1 is 1.13 bits per heavy atom. The fourth-order valence-electron chi connectivity index (χ4n) is 2.99. The van der Waals surface area contributed by atoms with Gasteiger partial charge in [0.15, 0.2) is 6.61 Å².